The summed E-state index contributed by atoms with van der Waals surface area (Å²) in [6, 6.07) is 14.2. The first-order chi connectivity index (χ1) is 9.79. The molecule has 1 heterocycles. The maximum absolute atomic E-state index is 9.19. The molecule has 0 unspecified atom stereocenters. The number of hydrogen-bond acceptors (Lipinski definition) is 3. The van der Waals surface area contributed by atoms with E-state index in [0.717, 1.165) is 25.1 Å². The minimum atomic E-state index is 0.160. The Bertz CT molecular complexity index is 519. The number of hydrogen-bond donors (Lipinski definition) is 1. The molecule has 0 aliphatic rings. The third kappa shape index (κ3) is 4.60. The molecular weight excluding hydrogens is 272 g/mol. The van der Waals surface area contributed by atoms with Crippen molar-refractivity contribution in [2.45, 2.75) is 13.0 Å². The van der Waals surface area contributed by atoms with E-state index in [9.17, 15) is 5.11 Å². The number of aliphatic hydroxyl groups excluding tert-OH is 1. The normalized spacial score (nSPS) is 10.9. The van der Waals surface area contributed by atoms with Crippen molar-refractivity contribution in [2.75, 3.05) is 19.7 Å². The lowest BCUT2D eigenvalue weighted by atomic mass is 10.1. The highest BCUT2D eigenvalue weighted by molar-refractivity contribution is 6.30. The molecule has 0 atom stereocenters. The monoisotopic (exact) mass is 290 g/mol. The summed E-state index contributed by atoms with van der Waals surface area (Å²) in [6.07, 6.45) is 2.53. The van der Waals surface area contributed by atoms with Gasteiger partial charge in [0, 0.05) is 25.8 Å². The molecule has 2 rings (SSSR count). The van der Waals surface area contributed by atoms with Crippen LogP contribution < -0.4 is 0 Å². The molecule has 0 fully saturated rings. The van der Waals surface area contributed by atoms with Crippen LogP contribution in [0.5, 0.6) is 0 Å². The topological polar surface area (TPSA) is 36.4 Å². The van der Waals surface area contributed by atoms with E-state index < -0.39 is 0 Å². The summed E-state index contributed by atoms with van der Waals surface area (Å²) in [4.78, 5) is 6.31. The van der Waals surface area contributed by atoms with Gasteiger partial charge in [0.2, 0.25) is 0 Å². The van der Waals surface area contributed by atoms with Gasteiger partial charge in [-0.2, -0.15) is 0 Å². The highest BCUT2D eigenvalue weighted by Gasteiger charge is 2.07. The van der Waals surface area contributed by atoms with Gasteiger partial charge in [-0.05, 0) is 23.6 Å². The maximum atomic E-state index is 9.19. The Labute approximate surface area is 124 Å². The summed E-state index contributed by atoms with van der Waals surface area (Å²) in [6.45, 7) is 2.50. The van der Waals surface area contributed by atoms with Crippen molar-refractivity contribution in [3.05, 3.63) is 64.9 Å². The molecule has 0 bridgehead atoms. The molecule has 0 amide bonds. The fourth-order valence-corrected chi connectivity index (χ4v) is 2.35. The minimum Gasteiger partial charge on any atom is -0.395 e. The van der Waals surface area contributed by atoms with Crippen LogP contribution in [0, 0.1) is 0 Å². The van der Waals surface area contributed by atoms with E-state index in [1.54, 1.807) is 6.20 Å². The van der Waals surface area contributed by atoms with Gasteiger partial charge >= 0.3 is 0 Å². The Balaban J connectivity index is 1.94. The largest absolute Gasteiger partial charge is 0.395 e. The molecule has 1 aromatic carbocycles. The van der Waals surface area contributed by atoms with E-state index >= 15 is 0 Å². The summed E-state index contributed by atoms with van der Waals surface area (Å²) in [5.41, 5.74) is 2.29. The van der Waals surface area contributed by atoms with Crippen molar-refractivity contribution in [1.29, 1.82) is 0 Å². The van der Waals surface area contributed by atoms with Crippen molar-refractivity contribution >= 4 is 11.6 Å². The van der Waals surface area contributed by atoms with E-state index in [2.05, 4.69) is 22.0 Å². The van der Waals surface area contributed by atoms with Crippen molar-refractivity contribution in [1.82, 2.24) is 9.88 Å². The number of rotatable bonds is 7. The zero-order chi connectivity index (χ0) is 14.2. The number of aromatic nitrogens is 1. The highest BCUT2D eigenvalue weighted by Crippen LogP contribution is 2.13. The Morgan fingerprint density at radius 1 is 1.05 bits per heavy atom. The van der Waals surface area contributed by atoms with Gasteiger partial charge in [0.15, 0.2) is 0 Å². The molecule has 0 saturated heterocycles. The van der Waals surface area contributed by atoms with Crippen LogP contribution in [-0.4, -0.2) is 34.7 Å². The lowest BCUT2D eigenvalue weighted by Crippen LogP contribution is -2.28. The van der Waals surface area contributed by atoms with Gasteiger partial charge in [-0.25, -0.2) is 4.98 Å². The Morgan fingerprint density at radius 2 is 1.85 bits per heavy atom. The van der Waals surface area contributed by atoms with E-state index in [1.165, 1.54) is 5.56 Å². The average molecular weight is 291 g/mol. The smallest absolute Gasteiger partial charge is 0.132 e. The predicted octanol–water partition coefficient (Wildman–Crippen LogP) is 2.77. The van der Waals surface area contributed by atoms with Gasteiger partial charge in [-0.15, -0.1) is 0 Å². The first kappa shape index (κ1) is 15.0. The molecular formula is C16H19ClN2O. The van der Waals surface area contributed by atoms with Crippen LogP contribution in [0.15, 0.2) is 48.7 Å². The molecule has 4 heteroatoms. The van der Waals surface area contributed by atoms with Gasteiger partial charge in [-0.3, -0.25) is 4.90 Å². The van der Waals surface area contributed by atoms with Crippen LogP contribution in [0.3, 0.4) is 0 Å². The van der Waals surface area contributed by atoms with Crippen LogP contribution in [-0.2, 0) is 13.0 Å². The second-order valence-corrected chi connectivity index (χ2v) is 5.05. The van der Waals surface area contributed by atoms with E-state index in [1.807, 2.05) is 30.3 Å². The number of aliphatic hydroxyl groups is 1. The third-order valence-corrected chi connectivity index (χ3v) is 3.54. The van der Waals surface area contributed by atoms with Crippen LogP contribution in [0.1, 0.15) is 11.1 Å². The number of halogens is 1. The first-order valence-electron chi connectivity index (χ1n) is 6.76. The summed E-state index contributed by atoms with van der Waals surface area (Å²) >= 11 is 6.07. The molecule has 2 aromatic rings. The fraction of sp³-hybridized carbons (Fsp3) is 0.312. The van der Waals surface area contributed by atoms with Gasteiger partial charge in [-0.1, -0.05) is 48.0 Å². The van der Waals surface area contributed by atoms with E-state index in [4.69, 9.17) is 11.6 Å². The molecule has 0 aliphatic carbocycles. The van der Waals surface area contributed by atoms with Crippen molar-refractivity contribution in [3.63, 3.8) is 0 Å². The molecule has 0 spiro atoms. The standard InChI is InChI=1S/C16H19ClN2O/c17-16-15(7-4-9-18-16)8-10-19(11-12-20)13-14-5-2-1-3-6-14/h1-7,9,20H,8,10-13H2. The van der Waals surface area contributed by atoms with Gasteiger partial charge in [0.1, 0.15) is 5.15 Å². The van der Waals surface area contributed by atoms with Crippen molar-refractivity contribution < 1.29 is 5.11 Å². The van der Waals surface area contributed by atoms with Gasteiger partial charge in [0.05, 0.1) is 6.61 Å². The summed E-state index contributed by atoms with van der Waals surface area (Å²) in [7, 11) is 0. The number of pyridine rings is 1. The molecule has 0 saturated carbocycles. The molecule has 20 heavy (non-hydrogen) atoms. The molecule has 1 aromatic heterocycles. The van der Waals surface area contributed by atoms with E-state index in [0.29, 0.717) is 11.7 Å². The zero-order valence-corrected chi connectivity index (χ0v) is 12.1. The lowest BCUT2D eigenvalue weighted by Gasteiger charge is -2.21. The maximum Gasteiger partial charge on any atom is 0.132 e. The molecule has 1 N–H and O–H groups in total. The van der Waals surface area contributed by atoms with Crippen LogP contribution in [0.2, 0.25) is 5.15 Å². The fourth-order valence-electron chi connectivity index (χ4n) is 2.14. The number of nitrogens with zero attached hydrogens (tertiary/aromatic N) is 2. The summed E-state index contributed by atoms with van der Waals surface area (Å²) < 4.78 is 0. The second kappa shape index (κ2) is 8.00. The Morgan fingerprint density at radius 3 is 2.55 bits per heavy atom. The molecule has 106 valence electrons. The Kier molecular flexibility index (Phi) is 5.99. The summed E-state index contributed by atoms with van der Waals surface area (Å²) in [5.74, 6) is 0. The lowest BCUT2D eigenvalue weighted by molar-refractivity contribution is 0.191. The number of benzene rings is 1. The zero-order valence-electron chi connectivity index (χ0n) is 11.4. The van der Waals surface area contributed by atoms with Crippen LogP contribution in [0.4, 0.5) is 0 Å². The predicted molar refractivity (Wildman–Crippen MR) is 81.8 cm³/mol. The average Bonchev–Trinajstić information content (AvgIpc) is 2.47. The van der Waals surface area contributed by atoms with Crippen LogP contribution in [0.25, 0.3) is 0 Å². The Hall–Kier alpha value is -1.42. The SMILES string of the molecule is OCCN(CCc1cccnc1Cl)Cc1ccccc1. The summed E-state index contributed by atoms with van der Waals surface area (Å²) in [5, 5.41) is 9.75. The highest BCUT2D eigenvalue weighted by atomic mass is 35.5. The molecule has 0 aliphatic heterocycles. The van der Waals surface area contributed by atoms with E-state index in [-0.39, 0.29) is 6.61 Å². The molecule has 3 nitrogen and oxygen atoms in total. The second-order valence-electron chi connectivity index (χ2n) is 4.69. The van der Waals surface area contributed by atoms with Crippen molar-refractivity contribution in [2.24, 2.45) is 0 Å². The molecule has 0 radical (unpaired) electrons. The minimum absolute atomic E-state index is 0.160. The third-order valence-electron chi connectivity index (χ3n) is 3.20. The first-order valence-corrected chi connectivity index (χ1v) is 7.14. The van der Waals surface area contributed by atoms with Gasteiger partial charge in [0.25, 0.3) is 0 Å². The van der Waals surface area contributed by atoms with Gasteiger partial charge < -0.3 is 5.11 Å². The van der Waals surface area contributed by atoms with Crippen LogP contribution >= 0.6 is 11.6 Å². The quantitative estimate of drug-likeness (QED) is 0.797. The van der Waals surface area contributed by atoms with Crippen molar-refractivity contribution in [3.8, 4) is 0 Å².